The van der Waals surface area contributed by atoms with Crippen molar-refractivity contribution in [2.45, 2.75) is 39.0 Å². The van der Waals surface area contributed by atoms with E-state index in [9.17, 15) is 10.2 Å². The minimum Gasteiger partial charge on any atom is -0.508 e. The van der Waals surface area contributed by atoms with Gasteiger partial charge in [0.2, 0.25) is 0 Å². The zero-order valence-corrected chi connectivity index (χ0v) is 15.0. The summed E-state index contributed by atoms with van der Waals surface area (Å²) in [5, 5.41) is 21.1. The fourth-order valence-electron chi connectivity index (χ4n) is 2.71. The van der Waals surface area contributed by atoms with E-state index in [0.717, 1.165) is 35.3 Å². The highest BCUT2D eigenvalue weighted by molar-refractivity contribution is 7.47. The van der Waals surface area contributed by atoms with E-state index in [4.69, 9.17) is 4.74 Å². The van der Waals surface area contributed by atoms with E-state index in [-0.39, 0.29) is 12.3 Å². The molecule has 2 aromatic carbocycles. The minimum atomic E-state index is 0.0486. The molecule has 0 aliphatic rings. The Morgan fingerprint density at radius 1 is 1.17 bits per heavy atom. The normalized spacial score (nSPS) is 12.7. The summed E-state index contributed by atoms with van der Waals surface area (Å²) < 4.78 is 5.30. The van der Waals surface area contributed by atoms with Gasteiger partial charge in [0.1, 0.15) is 11.5 Å². The zero-order chi connectivity index (χ0) is 16.8. The number of ether oxygens (including phenoxy) is 1. The van der Waals surface area contributed by atoms with Crippen LogP contribution >= 0.6 is 8.58 Å². The van der Waals surface area contributed by atoms with Gasteiger partial charge in [-0.2, -0.15) is 0 Å². The molecule has 0 spiro atoms. The van der Waals surface area contributed by atoms with Gasteiger partial charge in [0.05, 0.1) is 13.7 Å². The van der Waals surface area contributed by atoms with E-state index in [1.54, 1.807) is 19.2 Å². The first-order valence-electron chi connectivity index (χ1n) is 7.92. The molecular weight excluding hydrogens is 307 g/mol. The third kappa shape index (κ3) is 4.46. The minimum absolute atomic E-state index is 0.0486. The number of phenols is 1. The van der Waals surface area contributed by atoms with Crippen molar-refractivity contribution in [2.24, 2.45) is 0 Å². The standard InChI is InChI=1S/C19H25O3P/c1-4-5-19(16-11-15(22-3)7-8-17(16)21)23-18-9-6-13(2)10-14(18)12-20/h6-11,19-21,23H,4-5,12H2,1-3H3. The Kier molecular flexibility index (Phi) is 6.44. The van der Waals surface area contributed by atoms with Crippen molar-refractivity contribution in [3.8, 4) is 11.5 Å². The van der Waals surface area contributed by atoms with E-state index in [1.165, 1.54) is 5.30 Å². The molecule has 2 rings (SSSR count). The number of aliphatic hydroxyl groups is 1. The van der Waals surface area contributed by atoms with Gasteiger partial charge in [0.15, 0.2) is 0 Å². The van der Waals surface area contributed by atoms with Gasteiger partial charge in [-0.25, -0.2) is 0 Å². The highest BCUT2D eigenvalue weighted by Crippen LogP contribution is 2.43. The fraction of sp³-hybridized carbons (Fsp3) is 0.368. The SMILES string of the molecule is CCCC(Pc1ccc(C)cc1CO)c1cc(OC)ccc1O. The Balaban J connectivity index is 2.36. The number of aliphatic hydroxyl groups excluding tert-OH is 1. The molecular formula is C19H25O3P. The van der Waals surface area contributed by atoms with Gasteiger partial charge >= 0.3 is 0 Å². The molecule has 0 saturated heterocycles. The van der Waals surface area contributed by atoms with Gasteiger partial charge in [0.25, 0.3) is 0 Å². The number of rotatable bonds is 7. The maximum atomic E-state index is 10.3. The van der Waals surface area contributed by atoms with Crippen molar-refractivity contribution in [3.63, 3.8) is 0 Å². The lowest BCUT2D eigenvalue weighted by Gasteiger charge is -2.20. The molecule has 0 aromatic heterocycles. The molecule has 23 heavy (non-hydrogen) atoms. The van der Waals surface area contributed by atoms with Crippen molar-refractivity contribution in [1.82, 2.24) is 0 Å². The predicted molar refractivity (Wildman–Crippen MR) is 97.4 cm³/mol. The molecule has 2 unspecified atom stereocenters. The largest absolute Gasteiger partial charge is 0.508 e. The fourth-order valence-corrected chi connectivity index (χ4v) is 4.43. The smallest absolute Gasteiger partial charge is 0.119 e. The van der Waals surface area contributed by atoms with Crippen molar-refractivity contribution in [3.05, 3.63) is 53.1 Å². The van der Waals surface area contributed by atoms with Crippen LogP contribution in [0.3, 0.4) is 0 Å². The number of phenolic OH excluding ortho intramolecular Hbond substituents is 1. The second-order valence-electron chi connectivity index (χ2n) is 5.73. The van der Waals surface area contributed by atoms with Gasteiger partial charge in [0, 0.05) is 11.2 Å². The van der Waals surface area contributed by atoms with Crippen molar-refractivity contribution in [2.75, 3.05) is 7.11 Å². The summed E-state index contributed by atoms with van der Waals surface area (Å²) in [6, 6.07) is 11.6. The number of benzene rings is 2. The number of methoxy groups -OCH3 is 1. The molecule has 0 saturated carbocycles. The first-order chi connectivity index (χ1) is 11.1. The molecule has 0 fully saturated rings. The average molecular weight is 332 g/mol. The molecule has 4 heteroatoms. The van der Waals surface area contributed by atoms with Gasteiger partial charge in [-0.1, -0.05) is 45.7 Å². The zero-order valence-electron chi connectivity index (χ0n) is 14.0. The second-order valence-corrected chi connectivity index (χ2v) is 7.25. The van der Waals surface area contributed by atoms with Crippen molar-refractivity contribution < 1.29 is 14.9 Å². The summed E-state index contributed by atoms with van der Waals surface area (Å²) in [5.41, 5.74) is 3.28. The van der Waals surface area contributed by atoms with Crippen LogP contribution in [0.1, 0.15) is 42.1 Å². The molecule has 2 N–H and O–H groups in total. The molecule has 0 aliphatic carbocycles. The highest BCUT2D eigenvalue weighted by atomic mass is 31.1. The molecule has 124 valence electrons. The summed E-state index contributed by atoms with van der Waals surface area (Å²) in [5.74, 6) is 1.07. The van der Waals surface area contributed by atoms with Crippen molar-refractivity contribution >= 4 is 13.9 Å². The maximum Gasteiger partial charge on any atom is 0.119 e. The van der Waals surface area contributed by atoms with Crippen LogP contribution in [0.2, 0.25) is 0 Å². The van der Waals surface area contributed by atoms with Crippen LogP contribution in [0.4, 0.5) is 0 Å². The lowest BCUT2D eigenvalue weighted by molar-refractivity contribution is 0.283. The van der Waals surface area contributed by atoms with Gasteiger partial charge in [-0.15, -0.1) is 0 Å². The third-order valence-corrected chi connectivity index (χ3v) is 5.70. The van der Waals surface area contributed by atoms with Gasteiger partial charge in [-0.05, 0) is 42.4 Å². The van der Waals surface area contributed by atoms with Gasteiger partial charge in [-0.3, -0.25) is 0 Å². The molecule has 3 nitrogen and oxygen atoms in total. The number of aromatic hydroxyl groups is 1. The topological polar surface area (TPSA) is 49.7 Å². The Morgan fingerprint density at radius 3 is 2.61 bits per heavy atom. The lowest BCUT2D eigenvalue weighted by Crippen LogP contribution is -2.08. The van der Waals surface area contributed by atoms with Crippen LogP contribution < -0.4 is 10.0 Å². The average Bonchev–Trinajstić information content (AvgIpc) is 2.56. The second kappa shape index (κ2) is 8.33. The van der Waals surface area contributed by atoms with Gasteiger partial charge < -0.3 is 14.9 Å². The van der Waals surface area contributed by atoms with Crippen LogP contribution in [0.15, 0.2) is 36.4 Å². The third-order valence-electron chi connectivity index (χ3n) is 3.95. The highest BCUT2D eigenvalue weighted by Gasteiger charge is 2.18. The monoisotopic (exact) mass is 332 g/mol. The Labute approximate surface area is 140 Å². The summed E-state index contributed by atoms with van der Waals surface area (Å²) >= 11 is 0. The summed E-state index contributed by atoms with van der Waals surface area (Å²) in [6.07, 6.45) is 2.02. The lowest BCUT2D eigenvalue weighted by atomic mass is 10.1. The van der Waals surface area contributed by atoms with Crippen LogP contribution in [0.5, 0.6) is 11.5 Å². The van der Waals surface area contributed by atoms with E-state index in [0.29, 0.717) is 14.3 Å². The quantitative estimate of drug-likeness (QED) is 0.752. The molecule has 2 aromatic rings. The molecule has 0 bridgehead atoms. The number of hydrogen-bond donors (Lipinski definition) is 2. The first-order valence-corrected chi connectivity index (χ1v) is 9.00. The Morgan fingerprint density at radius 2 is 1.96 bits per heavy atom. The molecule has 0 aliphatic heterocycles. The van der Waals surface area contributed by atoms with Crippen LogP contribution in [0.25, 0.3) is 0 Å². The van der Waals surface area contributed by atoms with E-state index in [1.807, 2.05) is 19.1 Å². The maximum absolute atomic E-state index is 10.3. The number of aryl methyl sites for hydroxylation is 1. The molecule has 0 amide bonds. The summed E-state index contributed by atoms with van der Waals surface area (Å²) in [7, 11) is 2.14. The van der Waals surface area contributed by atoms with Crippen LogP contribution in [-0.4, -0.2) is 17.3 Å². The predicted octanol–water partition coefficient (Wildman–Crippen LogP) is 4.05. The Hall–Kier alpha value is -1.57. The number of hydrogen-bond acceptors (Lipinski definition) is 3. The van der Waals surface area contributed by atoms with Crippen LogP contribution in [0, 0.1) is 6.92 Å². The molecule has 0 radical (unpaired) electrons. The van der Waals surface area contributed by atoms with E-state index >= 15 is 0 Å². The molecule has 2 atom stereocenters. The van der Waals surface area contributed by atoms with E-state index in [2.05, 4.69) is 19.1 Å². The van der Waals surface area contributed by atoms with Crippen molar-refractivity contribution in [1.29, 1.82) is 0 Å². The van der Waals surface area contributed by atoms with Crippen LogP contribution in [-0.2, 0) is 6.61 Å². The first kappa shape index (κ1) is 17.8. The Bertz CT molecular complexity index is 655. The van der Waals surface area contributed by atoms with E-state index < -0.39 is 0 Å². The molecule has 0 heterocycles. The summed E-state index contributed by atoms with van der Waals surface area (Å²) in [4.78, 5) is 0. The summed E-state index contributed by atoms with van der Waals surface area (Å²) in [6.45, 7) is 4.23.